The predicted molar refractivity (Wildman–Crippen MR) is 145 cm³/mol. The average Bonchev–Trinajstić information content (AvgIpc) is 3.20. The number of aromatic nitrogens is 2. The Hall–Kier alpha value is -3.12. The van der Waals surface area contributed by atoms with E-state index in [4.69, 9.17) is 9.72 Å². The Morgan fingerprint density at radius 3 is 2.46 bits per heavy atom. The topological polar surface area (TPSA) is 56.1 Å². The number of carbonyl (C=O) groups is 1. The van der Waals surface area contributed by atoms with Gasteiger partial charge in [0.15, 0.2) is 0 Å². The summed E-state index contributed by atoms with van der Waals surface area (Å²) in [6.07, 6.45) is 3.90. The fraction of sp³-hybridized carbons (Fsp3) is 0.310. The standard InChI is InChI=1S/C29H32BrN3O2/c1-21-9-8-10-22(2)28(21)35-20-19-33-26-12-6-5-11-25(26)32-27(33)13-4-3-7-18-31-29(34)23-14-16-24(30)17-15-23/h5-6,8-12,14-17H,3-4,7,13,18-20H2,1-2H3,(H,31,34). The highest BCUT2D eigenvalue weighted by molar-refractivity contribution is 9.10. The lowest BCUT2D eigenvalue weighted by Gasteiger charge is -2.14. The van der Waals surface area contributed by atoms with Crippen molar-refractivity contribution in [2.75, 3.05) is 13.2 Å². The Morgan fingerprint density at radius 1 is 0.943 bits per heavy atom. The normalized spacial score (nSPS) is 11.1. The van der Waals surface area contributed by atoms with Crippen LogP contribution in [0.1, 0.15) is 46.6 Å². The summed E-state index contributed by atoms with van der Waals surface area (Å²) in [7, 11) is 0. The molecular formula is C29H32BrN3O2. The lowest BCUT2D eigenvalue weighted by Crippen LogP contribution is -2.24. The number of carbonyl (C=O) groups excluding carboxylic acids is 1. The smallest absolute Gasteiger partial charge is 0.251 e. The second kappa shape index (κ2) is 12.0. The molecule has 1 amide bonds. The van der Waals surface area contributed by atoms with E-state index in [0.29, 0.717) is 18.7 Å². The van der Waals surface area contributed by atoms with Gasteiger partial charge in [0.2, 0.25) is 0 Å². The highest BCUT2D eigenvalue weighted by Gasteiger charge is 2.11. The number of halogens is 1. The Kier molecular flexibility index (Phi) is 8.59. The van der Waals surface area contributed by atoms with Crippen molar-refractivity contribution in [2.24, 2.45) is 0 Å². The predicted octanol–water partition coefficient (Wildman–Crippen LogP) is 6.64. The number of imidazole rings is 1. The van der Waals surface area contributed by atoms with Crippen LogP contribution in [0.4, 0.5) is 0 Å². The molecule has 1 aromatic heterocycles. The fourth-order valence-electron chi connectivity index (χ4n) is 4.32. The zero-order valence-electron chi connectivity index (χ0n) is 20.4. The fourth-order valence-corrected chi connectivity index (χ4v) is 4.59. The van der Waals surface area contributed by atoms with Gasteiger partial charge in [0.05, 0.1) is 17.6 Å². The molecule has 0 aliphatic heterocycles. The van der Waals surface area contributed by atoms with Crippen LogP contribution in [-0.4, -0.2) is 28.6 Å². The molecule has 0 spiro atoms. The summed E-state index contributed by atoms with van der Waals surface area (Å²) in [6, 6.07) is 21.9. The average molecular weight is 534 g/mol. The zero-order valence-corrected chi connectivity index (χ0v) is 22.0. The molecule has 1 heterocycles. The third-order valence-corrected chi connectivity index (χ3v) is 6.70. The van der Waals surface area contributed by atoms with Crippen LogP contribution < -0.4 is 10.1 Å². The number of amides is 1. The molecule has 1 N–H and O–H groups in total. The van der Waals surface area contributed by atoms with E-state index in [0.717, 1.165) is 70.4 Å². The Bertz CT molecular complexity index is 1260. The molecule has 0 fully saturated rings. The molecule has 35 heavy (non-hydrogen) atoms. The molecule has 4 rings (SSSR count). The first-order chi connectivity index (χ1) is 17.0. The van der Waals surface area contributed by atoms with E-state index in [1.54, 1.807) is 0 Å². The van der Waals surface area contributed by atoms with E-state index >= 15 is 0 Å². The first-order valence-electron chi connectivity index (χ1n) is 12.2. The van der Waals surface area contributed by atoms with Gasteiger partial charge in [-0.3, -0.25) is 4.79 Å². The number of hydrogen-bond acceptors (Lipinski definition) is 3. The van der Waals surface area contributed by atoms with Gasteiger partial charge < -0.3 is 14.6 Å². The SMILES string of the molecule is Cc1cccc(C)c1OCCn1c(CCCCCNC(=O)c2ccc(Br)cc2)nc2ccccc21. The summed E-state index contributed by atoms with van der Waals surface area (Å²) < 4.78 is 9.44. The molecule has 182 valence electrons. The third kappa shape index (κ3) is 6.51. The van der Waals surface area contributed by atoms with Gasteiger partial charge in [-0.2, -0.15) is 0 Å². The maximum Gasteiger partial charge on any atom is 0.251 e. The highest BCUT2D eigenvalue weighted by atomic mass is 79.9. The molecule has 0 atom stereocenters. The first kappa shape index (κ1) is 25.0. The van der Waals surface area contributed by atoms with Gasteiger partial charge in [0.25, 0.3) is 5.91 Å². The number of para-hydroxylation sites is 3. The molecule has 4 aromatic rings. The van der Waals surface area contributed by atoms with Crippen molar-refractivity contribution in [1.82, 2.24) is 14.9 Å². The van der Waals surface area contributed by atoms with Crippen molar-refractivity contribution < 1.29 is 9.53 Å². The minimum absolute atomic E-state index is 0.0248. The van der Waals surface area contributed by atoms with Gasteiger partial charge >= 0.3 is 0 Å². The molecule has 0 bridgehead atoms. The molecule has 6 heteroatoms. The lowest BCUT2D eigenvalue weighted by atomic mass is 10.1. The minimum atomic E-state index is -0.0248. The van der Waals surface area contributed by atoms with E-state index in [1.165, 1.54) is 0 Å². The second-order valence-electron chi connectivity index (χ2n) is 8.81. The summed E-state index contributed by atoms with van der Waals surface area (Å²) >= 11 is 3.40. The monoisotopic (exact) mass is 533 g/mol. The number of nitrogens with zero attached hydrogens (tertiary/aromatic N) is 2. The first-order valence-corrected chi connectivity index (χ1v) is 13.0. The minimum Gasteiger partial charge on any atom is -0.491 e. The van der Waals surface area contributed by atoms with Crippen molar-refractivity contribution in [2.45, 2.75) is 46.1 Å². The maximum atomic E-state index is 12.2. The van der Waals surface area contributed by atoms with Crippen LogP contribution >= 0.6 is 15.9 Å². The summed E-state index contributed by atoms with van der Waals surface area (Å²) in [4.78, 5) is 17.1. The third-order valence-electron chi connectivity index (χ3n) is 6.17. The summed E-state index contributed by atoms with van der Waals surface area (Å²) in [5, 5.41) is 3.01. The van der Waals surface area contributed by atoms with Crippen molar-refractivity contribution in [1.29, 1.82) is 0 Å². The van der Waals surface area contributed by atoms with Crippen LogP contribution in [0.2, 0.25) is 0 Å². The maximum absolute atomic E-state index is 12.2. The highest BCUT2D eigenvalue weighted by Crippen LogP contribution is 2.23. The van der Waals surface area contributed by atoms with Crippen LogP contribution in [0.5, 0.6) is 5.75 Å². The van der Waals surface area contributed by atoms with Crippen LogP contribution in [0.25, 0.3) is 11.0 Å². The number of hydrogen-bond donors (Lipinski definition) is 1. The van der Waals surface area contributed by atoms with Gasteiger partial charge in [-0.1, -0.05) is 52.7 Å². The van der Waals surface area contributed by atoms with Gasteiger partial charge in [-0.15, -0.1) is 0 Å². The molecule has 0 aliphatic rings. The Balaban J connectivity index is 1.29. The van der Waals surface area contributed by atoms with Gasteiger partial charge in [0, 0.05) is 23.0 Å². The van der Waals surface area contributed by atoms with Crippen LogP contribution in [-0.2, 0) is 13.0 Å². The van der Waals surface area contributed by atoms with Crippen LogP contribution in [0.3, 0.4) is 0 Å². The number of rotatable bonds is 11. The molecule has 3 aromatic carbocycles. The molecule has 5 nitrogen and oxygen atoms in total. The molecular weight excluding hydrogens is 502 g/mol. The Morgan fingerprint density at radius 2 is 1.69 bits per heavy atom. The van der Waals surface area contributed by atoms with E-state index in [1.807, 2.05) is 30.3 Å². The number of fused-ring (bicyclic) bond motifs is 1. The summed E-state index contributed by atoms with van der Waals surface area (Å²) in [5.41, 5.74) is 5.18. The number of ether oxygens (including phenoxy) is 1. The number of benzene rings is 3. The van der Waals surface area contributed by atoms with Crippen LogP contribution in [0, 0.1) is 13.8 Å². The molecule has 0 saturated heterocycles. The van der Waals surface area contributed by atoms with Crippen molar-refractivity contribution >= 4 is 32.9 Å². The second-order valence-corrected chi connectivity index (χ2v) is 9.73. The molecule has 0 unspecified atom stereocenters. The molecule has 0 aliphatic carbocycles. The van der Waals surface area contributed by atoms with Crippen molar-refractivity contribution in [3.63, 3.8) is 0 Å². The van der Waals surface area contributed by atoms with E-state index in [-0.39, 0.29) is 5.91 Å². The van der Waals surface area contributed by atoms with Crippen LogP contribution in [0.15, 0.2) is 71.2 Å². The lowest BCUT2D eigenvalue weighted by molar-refractivity contribution is 0.0953. The quantitative estimate of drug-likeness (QED) is 0.220. The van der Waals surface area contributed by atoms with E-state index in [2.05, 4.69) is 76.1 Å². The molecule has 0 saturated carbocycles. The summed E-state index contributed by atoms with van der Waals surface area (Å²) in [6.45, 7) is 6.20. The van der Waals surface area contributed by atoms with E-state index in [9.17, 15) is 4.79 Å². The zero-order chi connectivity index (χ0) is 24.6. The van der Waals surface area contributed by atoms with E-state index < -0.39 is 0 Å². The summed E-state index contributed by atoms with van der Waals surface area (Å²) in [5.74, 6) is 2.04. The van der Waals surface area contributed by atoms with Gasteiger partial charge in [-0.05, 0) is 74.2 Å². The number of unbranched alkanes of at least 4 members (excludes halogenated alkanes) is 2. The number of aryl methyl sites for hydroxylation is 3. The van der Waals surface area contributed by atoms with Crippen molar-refractivity contribution in [3.8, 4) is 5.75 Å². The van der Waals surface area contributed by atoms with Crippen molar-refractivity contribution in [3.05, 3.63) is 93.7 Å². The van der Waals surface area contributed by atoms with Gasteiger partial charge in [-0.25, -0.2) is 4.98 Å². The largest absolute Gasteiger partial charge is 0.491 e. The number of nitrogens with one attached hydrogen (secondary N) is 1. The Labute approximate surface area is 215 Å². The molecule has 0 radical (unpaired) electrons. The van der Waals surface area contributed by atoms with Gasteiger partial charge in [0.1, 0.15) is 18.2 Å².